The number of aromatic nitrogens is 2. The number of piperidine rings is 1. The SMILES string of the molecule is O=C(Nc1ccc(-c2nc3ccccc3s2)cn1)C1CCCCN1C(=O)c1cccs1. The molecule has 1 fully saturated rings. The summed E-state index contributed by atoms with van der Waals surface area (Å²) in [4.78, 5) is 37.2. The fraction of sp³-hybridized carbons (Fsp3) is 0.217. The van der Waals surface area contributed by atoms with Crippen LogP contribution < -0.4 is 5.32 Å². The van der Waals surface area contributed by atoms with Crippen molar-refractivity contribution in [2.75, 3.05) is 11.9 Å². The first-order valence-corrected chi connectivity index (χ1v) is 11.9. The van der Waals surface area contributed by atoms with Crippen LogP contribution in [0.15, 0.2) is 60.1 Å². The molecule has 0 bridgehead atoms. The van der Waals surface area contributed by atoms with Crippen molar-refractivity contribution in [3.05, 3.63) is 65.0 Å². The van der Waals surface area contributed by atoms with Crippen molar-refractivity contribution in [1.29, 1.82) is 0 Å². The molecule has 3 aromatic heterocycles. The van der Waals surface area contributed by atoms with Gasteiger partial charge in [0.1, 0.15) is 16.9 Å². The van der Waals surface area contributed by atoms with Crippen molar-refractivity contribution in [1.82, 2.24) is 14.9 Å². The van der Waals surface area contributed by atoms with Crippen LogP contribution in [0.3, 0.4) is 0 Å². The number of carbonyl (C=O) groups excluding carboxylic acids is 2. The van der Waals surface area contributed by atoms with Gasteiger partial charge in [-0.3, -0.25) is 9.59 Å². The zero-order valence-corrected chi connectivity index (χ0v) is 18.3. The van der Waals surface area contributed by atoms with E-state index in [1.165, 1.54) is 11.3 Å². The normalized spacial score (nSPS) is 16.4. The predicted molar refractivity (Wildman–Crippen MR) is 124 cm³/mol. The van der Waals surface area contributed by atoms with Crippen molar-refractivity contribution in [3.8, 4) is 10.6 Å². The molecule has 4 heterocycles. The molecule has 1 aromatic carbocycles. The van der Waals surface area contributed by atoms with E-state index in [4.69, 9.17) is 0 Å². The minimum atomic E-state index is -0.478. The lowest BCUT2D eigenvalue weighted by molar-refractivity contribution is -0.121. The molecule has 8 heteroatoms. The summed E-state index contributed by atoms with van der Waals surface area (Å²) in [5, 5.41) is 5.66. The molecule has 5 rings (SSSR count). The Morgan fingerprint density at radius 2 is 1.97 bits per heavy atom. The number of thiophene rings is 1. The number of thiazole rings is 1. The van der Waals surface area contributed by atoms with Gasteiger partial charge in [0.2, 0.25) is 5.91 Å². The maximum Gasteiger partial charge on any atom is 0.264 e. The fourth-order valence-corrected chi connectivity index (χ4v) is 5.42. The number of amides is 2. The lowest BCUT2D eigenvalue weighted by Gasteiger charge is -2.34. The van der Waals surface area contributed by atoms with Crippen molar-refractivity contribution in [3.63, 3.8) is 0 Å². The summed E-state index contributed by atoms with van der Waals surface area (Å²) in [7, 11) is 0. The highest BCUT2D eigenvalue weighted by molar-refractivity contribution is 7.21. The number of anilines is 1. The number of fused-ring (bicyclic) bond motifs is 1. The predicted octanol–water partition coefficient (Wildman–Crippen LogP) is 5.05. The van der Waals surface area contributed by atoms with Crippen molar-refractivity contribution < 1.29 is 9.59 Å². The topological polar surface area (TPSA) is 75.2 Å². The summed E-state index contributed by atoms with van der Waals surface area (Å²) in [6.07, 6.45) is 4.22. The molecule has 156 valence electrons. The van der Waals surface area contributed by atoms with Gasteiger partial charge in [-0.2, -0.15) is 0 Å². The van der Waals surface area contributed by atoms with Gasteiger partial charge in [0.25, 0.3) is 5.91 Å². The molecular weight excluding hydrogens is 428 g/mol. The minimum absolute atomic E-state index is 0.0750. The van der Waals surface area contributed by atoms with E-state index in [1.54, 1.807) is 34.6 Å². The minimum Gasteiger partial charge on any atom is -0.326 e. The van der Waals surface area contributed by atoms with Gasteiger partial charge in [0.05, 0.1) is 15.1 Å². The van der Waals surface area contributed by atoms with Gasteiger partial charge in [-0.25, -0.2) is 9.97 Å². The van der Waals surface area contributed by atoms with Crippen LogP contribution in [-0.4, -0.2) is 39.3 Å². The maximum atomic E-state index is 13.0. The molecule has 2 amide bonds. The summed E-state index contributed by atoms with van der Waals surface area (Å²) in [6.45, 7) is 0.596. The number of rotatable bonds is 4. The molecular formula is C23H20N4O2S2. The van der Waals surface area contributed by atoms with Crippen LogP contribution in [0.5, 0.6) is 0 Å². The average Bonchev–Trinajstić information content (AvgIpc) is 3.49. The lowest BCUT2D eigenvalue weighted by atomic mass is 10.0. The Labute approximate surface area is 187 Å². The largest absolute Gasteiger partial charge is 0.326 e. The Bertz CT molecular complexity index is 1190. The number of hydrogen-bond donors (Lipinski definition) is 1. The molecule has 31 heavy (non-hydrogen) atoms. The zero-order chi connectivity index (χ0) is 21.2. The van der Waals surface area contributed by atoms with E-state index in [9.17, 15) is 9.59 Å². The van der Waals surface area contributed by atoms with E-state index in [2.05, 4.69) is 15.3 Å². The van der Waals surface area contributed by atoms with Crippen LogP contribution in [-0.2, 0) is 4.79 Å². The van der Waals surface area contributed by atoms with E-state index in [1.807, 2.05) is 41.8 Å². The van der Waals surface area contributed by atoms with Crippen LogP contribution >= 0.6 is 22.7 Å². The number of pyridine rings is 1. The average molecular weight is 449 g/mol. The molecule has 1 unspecified atom stereocenters. The van der Waals surface area contributed by atoms with E-state index < -0.39 is 6.04 Å². The second-order valence-corrected chi connectivity index (χ2v) is 9.37. The number of para-hydroxylation sites is 1. The molecule has 1 aliphatic heterocycles. The lowest BCUT2D eigenvalue weighted by Crippen LogP contribution is -2.49. The first-order chi connectivity index (χ1) is 15.2. The van der Waals surface area contributed by atoms with E-state index in [-0.39, 0.29) is 11.8 Å². The number of benzene rings is 1. The van der Waals surface area contributed by atoms with Gasteiger partial charge in [0.15, 0.2) is 0 Å². The van der Waals surface area contributed by atoms with Crippen LogP contribution in [0, 0.1) is 0 Å². The molecule has 0 aliphatic carbocycles. The zero-order valence-electron chi connectivity index (χ0n) is 16.7. The molecule has 1 atom stereocenters. The van der Waals surface area contributed by atoms with Crippen molar-refractivity contribution in [2.24, 2.45) is 0 Å². The molecule has 0 spiro atoms. The molecule has 0 radical (unpaired) electrons. The van der Waals surface area contributed by atoms with Gasteiger partial charge in [-0.15, -0.1) is 22.7 Å². The summed E-state index contributed by atoms with van der Waals surface area (Å²) < 4.78 is 1.13. The Kier molecular flexibility index (Phi) is 5.48. The monoisotopic (exact) mass is 448 g/mol. The van der Waals surface area contributed by atoms with Crippen LogP contribution in [0.25, 0.3) is 20.8 Å². The molecule has 1 N–H and O–H groups in total. The second-order valence-electron chi connectivity index (χ2n) is 7.40. The number of carbonyl (C=O) groups is 2. The quantitative estimate of drug-likeness (QED) is 0.474. The number of nitrogens with zero attached hydrogens (tertiary/aromatic N) is 3. The van der Waals surface area contributed by atoms with Gasteiger partial charge in [0, 0.05) is 18.3 Å². The summed E-state index contributed by atoms with van der Waals surface area (Å²) in [5.74, 6) is 0.211. The van der Waals surface area contributed by atoms with Gasteiger partial charge in [-0.1, -0.05) is 18.2 Å². The molecule has 1 aliphatic rings. The Balaban J connectivity index is 1.30. The third kappa shape index (κ3) is 4.08. The highest BCUT2D eigenvalue weighted by Crippen LogP contribution is 2.30. The third-order valence-corrected chi connectivity index (χ3v) is 7.30. The first kappa shape index (κ1) is 19.8. The van der Waals surface area contributed by atoms with Crippen LogP contribution in [0.4, 0.5) is 5.82 Å². The Morgan fingerprint density at radius 1 is 1.06 bits per heavy atom. The molecule has 1 saturated heterocycles. The molecule has 6 nitrogen and oxygen atoms in total. The van der Waals surface area contributed by atoms with E-state index >= 15 is 0 Å². The first-order valence-electron chi connectivity index (χ1n) is 10.2. The highest BCUT2D eigenvalue weighted by atomic mass is 32.1. The smallest absolute Gasteiger partial charge is 0.264 e. The summed E-state index contributed by atoms with van der Waals surface area (Å²) in [5.41, 5.74) is 1.87. The fourth-order valence-electron chi connectivity index (χ4n) is 3.79. The Hall–Kier alpha value is -3.10. The number of hydrogen-bond acceptors (Lipinski definition) is 6. The second kappa shape index (κ2) is 8.56. The molecule has 4 aromatic rings. The highest BCUT2D eigenvalue weighted by Gasteiger charge is 2.33. The van der Waals surface area contributed by atoms with Crippen LogP contribution in [0.1, 0.15) is 28.9 Å². The Morgan fingerprint density at radius 3 is 2.74 bits per heavy atom. The molecule has 0 saturated carbocycles. The van der Waals surface area contributed by atoms with E-state index in [0.717, 1.165) is 33.6 Å². The van der Waals surface area contributed by atoms with Gasteiger partial charge < -0.3 is 10.2 Å². The summed E-state index contributed by atoms with van der Waals surface area (Å²) >= 11 is 3.02. The summed E-state index contributed by atoms with van der Waals surface area (Å²) in [6, 6.07) is 14.9. The van der Waals surface area contributed by atoms with Gasteiger partial charge >= 0.3 is 0 Å². The maximum absolute atomic E-state index is 13.0. The van der Waals surface area contributed by atoms with Gasteiger partial charge in [-0.05, 0) is 55.0 Å². The number of nitrogens with one attached hydrogen (secondary N) is 1. The standard InChI is InChI=1S/C23H20N4O2S2/c28-21(17-7-3-4-12-27(17)23(29)19-9-5-13-30-19)26-20-11-10-15(14-24-20)22-25-16-6-1-2-8-18(16)31-22/h1-2,5-6,8-11,13-14,17H,3-4,7,12H2,(H,24,26,28). The van der Waals surface area contributed by atoms with Crippen molar-refractivity contribution in [2.45, 2.75) is 25.3 Å². The number of likely N-dealkylation sites (tertiary alicyclic amines) is 1. The van der Waals surface area contributed by atoms with Crippen molar-refractivity contribution >= 4 is 50.5 Å². The van der Waals surface area contributed by atoms with E-state index in [0.29, 0.717) is 23.7 Å². The van der Waals surface area contributed by atoms with Crippen LogP contribution in [0.2, 0.25) is 0 Å². The third-order valence-electron chi connectivity index (χ3n) is 5.35.